The van der Waals surface area contributed by atoms with E-state index in [2.05, 4.69) is 4.98 Å². The average Bonchev–Trinajstić information content (AvgIpc) is 2.64. The molecule has 5 heteroatoms. The number of carboxylic acid groups (broad SMARTS) is 1. The number of aryl methyl sites for hydroxylation is 1. The van der Waals surface area contributed by atoms with Gasteiger partial charge in [0.15, 0.2) is 0 Å². The highest BCUT2D eigenvalue weighted by molar-refractivity contribution is 6.33. The summed E-state index contributed by atoms with van der Waals surface area (Å²) in [6.45, 7) is 1.78. The molecule has 4 nitrogen and oxygen atoms in total. The predicted molar refractivity (Wildman–Crippen MR) is 58.6 cm³/mol. The van der Waals surface area contributed by atoms with Crippen molar-refractivity contribution in [3.05, 3.63) is 40.7 Å². The number of aromatic carboxylic acids is 1. The van der Waals surface area contributed by atoms with Gasteiger partial charge in [0.25, 0.3) is 0 Å². The summed E-state index contributed by atoms with van der Waals surface area (Å²) in [6.07, 6.45) is 1.59. The lowest BCUT2D eigenvalue weighted by Gasteiger charge is -2.00. The van der Waals surface area contributed by atoms with E-state index in [9.17, 15) is 4.79 Å². The SMILES string of the molecule is Cc1cnc(-c2ccc(C(=O)O)c(Cl)c2)o1. The van der Waals surface area contributed by atoms with Gasteiger partial charge in [-0.15, -0.1) is 0 Å². The monoisotopic (exact) mass is 237 g/mol. The molecule has 0 saturated carbocycles. The van der Waals surface area contributed by atoms with Crippen molar-refractivity contribution < 1.29 is 14.3 Å². The van der Waals surface area contributed by atoms with Crippen molar-refractivity contribution >= 4 is 17.6 Å². The maximum atomic E-state index is 10.8. The summed E-state index contributed by atoms with van der Waals surface area (Å²) in [4.78, 5) is 14.8. The van der Waals surface area contributed by atoms with E-state index in [1.165, 1.54) is 12.1 Å². The zero-order chi connectivity index (χ0) is 11.7. The van der Waals surface area contributed by atoms with Crippen molar-refractivity contribution in [2.24, 2.45) is 0 Å². The number of aromatic nitrogens is 1. The summed E-state index contributed by atoms with van der Waals surface area (Å²) < 4.78 is 5.31. The highest BCUT2D eigenvalue weighted by atomic mass is 35.5. The van der Waals surface area contributed by atoms with E-state index in [-0.39, 0.29) is 10.6 Å². The van der Waals surface area contributed by atoms with Gasteiger partial charge in [-0.3, -0.25) is 0 Å². The van der Waals surface area contributed by atoms with Crippen molar-refractivity contribution in [1.82, 2.24) is 4.98 Å². The Balaban J connectivity index is 2.45. The van der Waals surface area contributed by atoms with Crippen LogP contribution in [-0.4, -0.2) is 16.1 Å². The Labute approximate surface area is 96.5 Å². The van der Waals surface area contributed by atoms with Crippen LogP contribution in [0.25, 0.3) is 11.5 Å². The third-order valence-electron chi connectivity index (χ3n) is 2.07. The number of hydrogen-bond donors (Lipinski definition) is 1. The Hall–Kier alpha value is -1.81. The van der Waals surface area contributed by atoms with Gasteiger partial charge in [-0.25, -0.2) is 9.78 Å². The fourth-order valence-corrected chi connectivity index (χ4v) is 1.57. The fraction of sp³-hybridized carbons (Fsp3) is 0.0909. The minimum atomic E-state index is -1.06. The minimum Gasteiger partial charge on any atom is -0.478 e. The molecule has 0 aliphatic heterocycles. The van der Waals surface area contributed by atoms with E-state index in [4.69, 9.17) is 21.1 Å². The average molecular weight is 238 g/mol. The molecule has 1 aromatic heterocycles. The molecule has 82 valence electrons. The molecule has 1 heterocycles. The lowest BCUT2D eigenvalue weighted by molar-refractivity contribution is 0.0697. The predicted octanol–water partition coefficient (Wildman–Crippen LogP) is 3.00. The normalized spacial score (nSPS) is 10.4. The fourth-order valence-electron chi connectivity index (χ4n) is 1.31. The van der Waals surface area contributed by atoms with Crippen LogP contribution in [0.4, 0.5) is 0 Å². The second-order valence-corrected chi connectivity index (χ2v) is 3.68. The molecule has 1 N–H and O–H groups in total. The van der Waals surface area contributed by atoms with Crippen LogP contribution in [0, 0.1) is 6.92 Å². The van der Waals surface area contributed by atoms with Gasteiger partial charge in [0.05, 0.1) is 16.8 Å². The topological polar surface area (TPSA) is 63.3 Å². The third kappa shape index (κ3) is 1.92. The van der Waals surface area contributed by atoms with Gasteiger partial charge in [0, 0.05) is 5.56 Å². The second kappa shape index (κ2) is 3.98. The van der Waals surface area contributed by atoms with Gasteiger partial charge in [-0.1, -0.05) is 11.6 Å². The smallest absolute Gasteiger partial charge is 0.337 e. The molecule has 0 fully saturated rings. The van der Waals surface area contributed by atoms with Crippen molar-refractivity contribution in [2.75, 3.05) is 0 Å². The van der Waals surface area contributed by atoms with Crippen LogP contribution in [0.3, 0.4) is 0 Å². The zero-order valence-corrected chi connectivity index (χ0v) is 9.15. The first-order valence-corrected chi connectivity index (χ1v) is 4.91. The third-order valence-corrected chi connectivity index (χ3v) is 2.38. The van der Waals surface area contributed by atoms with E-state index in [0.29, 0.717) is 17.2 Å². The van der Waals surface area contributed by atoms with Gasteiger partial charge in [0.1, 0.15) is 5.76 Å². The number of nitrogens with zero attached hydrogens (tertiary/aromatic N) is 1. The molecule has 2 aromatic rings. The van der Waals surface area contributed by atoms with E-state index in [0.717, 1.165) is 0 Å². The summed E-state index contributed by atoms with van der Waals surface area (Å²) in [6, 6.07) is 4.57. The molecule has 0 saturated heterocycles. The number of carboxylic acids is 1. The molecule has 0 amide bonds. The number of rotatable bonds is 2. The van der Waals surface area contributed by atoms with Crippen molar-refractivity contribution in [1.29, 1.82) is 0 Å². The van der Waals surface area contributed by atoms with Crippen molar-refractivity contribution in [2.45, 2.75) is 6.92 Å². The van der Waals surface area contributed by atoms with Gasteiger partial charge in [-0.2, -0.15) is 0 Å². The van der Waals surface area contributed by atoms with Crippen LogP contribution < -0.4 is 0 Å². The first kappa shape index (κ1) is 10.7. The number of oxazole rings is 1. The lowest BCUT2D eigenvalue weighted by atomic mass is 10.1. The molecule has 0 bridgehead atoms. The van der Waals surface area contributed by atoms with Crippen LogP contribution in [0.1, 0.15) is 16.1 Å². The van der Waals surface area contributed by atoms with E-state index >= 15 is 0 Å². The standard InChI is InChI=1S/C11H8ClNO3/c1-6-5-13-10(16-6)7-2-3-8(11(14)15)9(12)4-7/h2-5H,1H3,(H,14,15). The molecule has 0 aliphatic carbocycles. The van der Waals surface area contributed by atoms with E-state index < -0.39 is 5.97 Å². The van der Waals surface area contributed by atoms with Gasteiger partial charge >= 0.3 is 5.97 Å². The number of hydrogen-bond acceptors (Lipinski definition) is 3. The molecule has 0 unspecified atom stereocenters. The number of halogens is 1. The quantitative estimate of drug-likeness (QED) is 0.872. The first-order valence-electron chi connectivity index (χ1n) is 4.53. The minimum absolute atomic E-state index is 0.0636. The van der Waals surface area contributed by atoms with Crippen LogP contribution in [0.2, 0.25) is 5.02 Å². The van der Waals surface area contributed by atoms with Crippen LogP contribution in [0.15, 0.2) is 28.8 Å². The van der Waals surface area contributed by atoms with Crippen LogP contribution in [0.5, 0.6) is 0 Å². The summed E-state index contributed by atoms with van der Waals surface area (Å²) in [7, 11) is 0. The summed E-state index contributed by atoms with van der Waals surface area (Å²) in [5, 5.41) is 8.98. The Morgan fingerprint density at radius 2 is 2.25 bits per heavy atom. The lowest BCUT2D eigenvalue weighted by Crippen LogP contribution is -1.97. The maximum absolute atomic E-state index is 10.8. The van der Waals surface area contributed by atoms with Gasteiger partial charge < -0.3 is 9.52 Å². The van der Waals surface area contributed by atoms with Crippen molar-refractivity contribution in [3.63, 3.8) is 0 Å². The molecule has 0 spiro atoms. The Bertz CT molecular complexity index is 548. The molecular weight excluding hydrogens is 230 g/mol. The van der Waals surface area contributed by atoms with Gasteiger partial charge in [-0.05, 0) is 25.1 Å². The zero-order valence-electron chi connectivity index (χ0n) is 8.40. The van der Waals surface area contributed by atoms with E-state index in [1.807, 2.05) is 0 Å². The molecule has 2 rings (SSSR count). The maximum Gasteiger partial charge on any atom is 0.337 e. The second-order valence-electron chi connectivity index (χ2n) is 3.28. The summed E-state index contributed by atoms with van der Waals surface area (Å²) >= 11 is 5.83. The highest BCUT2D eigenvalue weighted by Crippen LogP contribution is 2.25. The Morgan fingerprint density at radius 3 is 2.75 bits per heavy atom. The molecule has 0 radical (unpaired) electrons. The molecule has 0 atom stereocenters. The molecule has 0 aliphatic rings. The van der Waals surface area contributed by atoms with Gasteiger partial charge in [0.2, 0.25) is 5.89 Å². The van der Waals surface area contributed by atoms with Crippen LogP contribution in [-0.2, 0) is 0 Å². The Morgan fingerprint density at radius 1 is 1.50 bits per heavy atom. The largest absolute Gasteiger partial charge is 0.478 e. The van der Waals surface area contributed by atoms with Crippen molar-refractivity contribution in [3.8, 4) is 11.5 Å². The van der Waals surface area contributed by atoms with Crippen LogP contribution >= 0.6 is 11.6 Å². The number of benzene rings is 1. The molecule has 1 aromatic carbocycles. The number of carbonyl (C=O) groups is 1. The first-order chi connectivity index (χ1) is 7.58. The summed E-state index contributed by atoms with van der Waals surface area (Å²) in [5.41, 5.74) is 0.719. The molecular formula is C11H8ClNO3. The highest BCUT2D eigenvalue weighted by Gasteiger charge is 2.11. The Kier molecular flexibility index (Phi) is 2.66. The van der Waals surface area contributed by atoms with E-state index in [1.54, 1.807) is 19.2 Å². The molecule has 16 heavy (non-hydrogen) atoms. The summed E-state index contributed by atoms with van der Waals surface area (Å²) in [5.74, 6) is 0.0601.